The van der Waals surface area contributed by atoms with Gasteiger partial charge in [0.2, 0.25) is 0 Å². The van der Waals surface area contributed by atoms with Crippen molar-refractivity contribution >= 4 is 18.6 Å². The van der Waals surface area contributed by atoms with Crippen LogP contribution in [-0.4, -0.2) is 17.1 Å². The molecule has 0 heterocycles. The van der Waals surface area contributed by atoms with Gasteiger partial charge < -0.3 is 10.8 Å². The molecule has 0 aromatic heterocycles. The van der Waals surface area contributed by atoms with Crippen molar-refractivity contribution in [2.45, 2.75) is 32.1 Å². The summed E-state index contributed by atoms with van der Waals surface area (Å²) in [5.74, 6) is -1.03. The normalized spacial score (nSPS) is 14.6. The minimum Gasteiger partial charge on any atom is -0.480 e. The molecule has 0 aliphatic heterocycles. The van der Waals surface area contributed by atoms with Gasteiger partial charge in [0, 0.05) is 0 Å². The van der Waals surface area contributed by atoms with Crippen molar-refractivity contribution in [3.8, 4) is 0 Å². The molecule has 3 N–H and O–H groups in total. The summed E-state index contributed by atoms with van der Waals surface area (Å²) >= 11 is 4.32. The van der Waals surface area contributed by atoms with Gasteiger partial charge in [-0.15, -0.1) is 0 Å². The molecule has 16 heavy (non-hydrogen) atoms. The molecule has 0 spiro atoms. The molecule has 2 atom stereocenters. The maximum absolute atomic E-state index is 10.8. The average Bonchev–Trinajstić information content (AvgIpc) is 2.14. The van der Waals surface area contributed by atoms with Crippen LogP contribution in [0.15, 0.2) is 12.1 Å². The Kier molecular flexibility index (Phi) is 3.99. The summed E-state index contributed by atoms with van der Waals surface area (Å²) < 4.78 is 0. The first-order valence-electron chi connectivity index (χ1n) is 5.08. The van der Waals surface area contributed by atoms with Crippen molar-refractivity contribution in [2.75, 3.05) is 0 Å². The van der Waals surface area contributed by atoms with Crippen LogP contribution in [0.2, 0.25) is 0 Å². The predicted octanol–water partition coefficient (Wildman–Crippen LogP) is 1.99. The Morgan fingerprint density at radius 1 is 1.31 bits per heavy atom. The Hall–Kier alpha value is -1.00. The lowest BCUT2D eigenvalue weighted by molar-refractivity contribution is -0.138. The van der Waals surface area contributed by atoms with Crippen LogP contribution in [0.4, 0.5) is 0 Å². The summed E-state index contributed by atoms with van der Waals surface area (Å²) in [7, 11) is 0. The maximum Gasteiger partial charge on any atom is 0.321 e. The van der Waals surface area contributed by atoms with E-state index in [-0.39, 0.29) is 0 Å². The van der Waals surface area contributed by atoms with Crippen molar-refractivity contribution in [3.63, 3.8) is 0 Å². The standard InChI is InChI=1S/C12H17NO2S/c1-6-4-7(2)9(8(3)5-6)11(16)10(13)12(14)15/h4-5,10-11,16H,13H2,1-3H3,(H,14,15). The van der Waals surface area contributed by atoms with E-state index in [0.717, 1.165) is 22.3 Å². The molecular formula is C12H17NO2S. The fraction of sp³-hybridized carbons (Fsp3) is 0.417. The van der Waals surface area contributed by atoms with Crippen LogP contribution in [0.3, 0.4) is 0 Å². The lowest BCUT2D eigenvalue weighted by Crippen LogP contribution is -2.34. The number of carbonyl (C=O) groups is 1. The summed E-state index contributed by atoms with van der Waals surface area (Å²) in [5.41, 5.74) is 9.74. The highest BCUT2D eigenvalue weighted by molar-refractivity contribution is 7.80. The van der Waals surface area contributed by atoms with E-state index in [2.05, 4.69) is 12.6 Å². The lowest BCUT2D eigenvalue weighted by atomic mass is 9.94. The Balaban J connectivity index is 3.18. The summed E-state index contributed by atoms with van der Waals surface area (Å²) in [6, 6.07) is 3.05. The van der Waals surface area contributed by atoms with E-state index in [1.165, 1.54) is 0 Å². The highest BCUT2D eigenvalue weighted by atomic mass is 32.1. The third-order valence-electron chi connectivity index (χ3n) is 2.66. The molecule has 0 radical (unpaired) electrons. The van der Waals surface area contributed by atoms with Gasteiger partial charge in [0.05, 0.1) is 5.25 Å². The number of rotatable bonds is 3. The molecule has 1 aromatic carbocycles. The highest BCUT2D eigenvalue weighted by Crippen LogP contribution is 2.29. The summed E-state index contributed by atoms with van der Waals surface area (Å²) in [6.07, 6.45) is 0. The summed E-state index contributed by atoms with van der Waals surface area (Å²) in [4.78, 5) is 10.8. The Bertz CT molecular complexity index is 394. The van der Waals surface area contributed by atoms with Crippen LogP contribution >= 0.6 is 12.6 Å². The largest absolute Gasteiger partial charge is 0.480 e. The predicted molar refractivity (Wildman–Crippen MR) is 68.0 cm³/mol. The SMILES string of the molecule is Cc1cc(C)c(C(S)C(N)C(=O)O)c(C)c1. The maximum atomic E-state index is 10.8. The van der Waals surface area contributed by atoms with Crippen molar-refractivity contribution < 1.29 is 9.90 Å². The van der Waals surface area contributed by atoms with Crippen LogP contribution in [0, 0.1) is 20.8 Å². The molecule has 0 saturated carbocycles. The number of hydrogen-bond acceptors (Lipinski definition) is 3. The monoisotopic (exact) mass is 239 g/mol. The number of aliphatic carboxylic acids is 1. The van der Waals surface area contributed by atoms with Crippen molar-refractivity contribution in [1.29, 1.82) is 0 Å². The van der Waals surface area contributed by atoms with Crippen LogP contribution in [0.5, 0.6) is 0 Å². The van der Waals surface area contributed by atoms with Gasteiger partial charge in [0.25, 0.3) is 0 Å². The Labute approximate surface area is 101 Å². The number of hydrogen-bond donors (Lipinski definition) is 3. The molecule has 0 aliphatic rings. The number of carboxylic acid groups (broad SMARTS) is 1. The molecule has 0 fully saturated rings. The van der Waals surface area contributed by atoms with Gasteiger partial charge in [0.1, 0.15) is 6.04 Å². The molecule has 1 rings (SSSR count). The third-order valence-corrected chi connectivity index (χ3v) is 3.24. The van der Waals surface area contributed by atoms with E-state index in [4.69, 9.17) is 10.8 Å². The van der Waals surface area contributed by atoms with Gasteiger partial charge in [-0.2, -0.15) is 12.6 Å². The number of carboxylic acids is 1. The highest BCUT2D eigenvalue weighted by Gasteiger charge is 2.25. The molecule has 4 heteroatoms. The fourth-order valence-corrected chi connectivity index (χ4v) is 2.51. The van der Waals surface area contributed by atoms with E-state index in [1.807, 2.05) is 32.9 Å². The molecule has 0 bridgehead atoms. The Morgan fingerprint density at radius 2 is 1.75 bits per heavy atom. The van der Waals surface area contributed by atoms with E-state index >= 15 is 0 Å². The smallest absolute Gasteiger partial charge is 0.321 e. The zero-order valence-corrected chi connectivity index (χ0v) is 10.6. The molecule has 2 unspecified atom stereocenters. The first-order chi connectivity index (χ1) is 7.34. The van der Waals surface area contributed by atoms with Crippen molar-refractivity contribution in [1.82, 2.24) is 0 Å². The van der Waals surface area contributed by atoms with Gasteiger partial charge in [-0.3, -0.25) is 4.79 Å². The second-order valence-electron chi connectivity index (χ2n) is 4.12. The first-order valence-corrected chi connectivity index (χ1v) is 5.60. The van der Waals surface area contributed by atoms with E-state index in [9.17, 15) is 4.79 Å². The van der Waals surface area contributed by atoms with Gasteiger partial charge >= 0.3 is 5.97 Å². The molecule has 0 amide bonds. The summed E-state index contributed by atoms with van der Waals surface area (Å²) in [6.45, 7) is 5.91. The molecule has 0 saturated heterocycles. The number of nitrogens with two attached hydrogens (primary N) is 1. The lowest BCUT2D eigenvalue weighted by Gasteiger charge is -2.20. The van der Waals surface area contributed by atoms with Crippen molar-refractivity contribution in [2.24, 2.45) is 5.73 Å². The molecule has 88 valence electrons. The van der Waals surface area contributed by atoms with Crippen LogP contribution in [0.1, 0.15) is 27.5 Å². The van der Waals surface area contributed by atoms with Gasteiger partial charge in [0.15, 0.2) is 0 Å². The minimum absolute atomic E-state index is 0.474. The third kappa shape index (κ3) is 2.57. The Morgan fingerprint density at radius 3 is 2.12 bits per heavy atom. The van der Waals surface area contributed by atoms with Crippen LogP contribution in [0.25, 0.3) is 0 Å². The van der Waals surface area contributed by atoms with E-state index in [0.29, 0.717) is 0 Å². The van der Waals surface area contributed by atoms with Crippen LogP contribution in [-0.2, 0) is 4.79 Å². The molecular weight excluding hydrogens is 222 g/mol. The summed E-state index contributed by atoms with van der Waals surface area (Å²) in [5, 5.41) is 8.40. The van der Waals surface area contributed by atoms with Gasteiger partial charge in [-0.1, -0.05) is 17.7 Å². The van der Waals surface area contributed by atoms with Gasteiger partial charge in [-0.05, 0) is 37.5 Å². The van der Waals surface area contributed by atoms with Crippen molar-refractivity contribution in [3.05, 3.63) is 34.4 Å². The zero-order chi connectivity index (χ0) is 12.5. The molecule has 0 aliphatic carbocycles. The fourth-order valence-electron chi connectivity index (χ4n) is 1.97. The average molecular weight is 239 g/mol. The number of benzene rings is 1. The zero-order valence-electron chi connectivity index (χ0n) is 9.69. The molecule has 1 aromatic rings. The number of thiol groups is 1. The second kappa shape index (κ2) is 4.89. The topological polar surface area (TPSA) is 63.3 Å². The van der Waals surface area contributed by atoms with E-state index < -0.39 is 17.3 Å². The second-order valence-corrected chi connectivity index (χ2v) is 4.68. The van der Waals surface area contributed by atoms with Gasteiger partial charge in [-0.25, -0.2) is 0 Å². The van der Waals surface area contributed by atoms with Crippen LogP contribution < -0.4 is 5.73 Å². The van der Waals surface area contributed by atoms with E-state index in [1.54, 1.807) is 0 Å². The molecule has 3 nitrogen and oxygen atoms in total. The number of aryl methyl sites for hydroxylation is 3. The first kappa shape index (κ1) is 13.1. The quantitative estimate of drug-likeness (QED) is 0.707. The minimum atomic E-state index is -1.03.